The zero-order valence-corrected chi connectivity index (χ0v) is 12.0. The van der Waals surface area contributed by atoms with Gasteiger partial charge in [0.25, 0.3) is 0 Å². The van der Waals surface area contributed by atoms with E-state index in [-0.39, 0.29) is 6.04 Å². The van der Waals surface area contributed by atoms with E-state index in [4.69, 9.17) is 10.5 Å². The minimum Gasteiger partial charge on any atom is -0.496 e. The summed E-state index contributed by atoms with van der Waals surface area (Å²) in [4.78, 5) is 0. The quantitative estimate of drug-likeness (QED) is 0.908. The van der Waals surface area contributed by atoms with Gasteiger partial charge in [0.05, 0.1) is 13.2 Å². The molecular formula is C17H21NO. The number of methoxy groups -OCH3 is 1. The van der Waals surface area contributed by atoms with Crippen LogP contribution >= 0.6 is 0 Å². The Morgan fingerprint density at radius 3 is 2.32 bits per heavy atom. The van der Waals surface area contributed by atoms with Gasteiger partial charge < -0.3 is 10.5 Å². The summed E-state index contributed by atoms with van der Waals surface area (Å²) in [6, 6.07) is 12.4. The number of nitrogens with two attached hydrogens (primary N) is 1. The van der Waals surface area contributed by atoms with Crippen LogP contribution in [0, 0.1) is 20.8 Å². The summed E-state index contributed by atoms with van der Waals surface area (Å²) >= 11 is 0. The molecule has 0 spiro atoms. The second-order valence-electron chi connectivity index (χ2n) is 5.07. The van der Waals surface area contributed by atoms with Gasteiger partial charge in [0.15, 0.2) is 0 Å². The van der Waals surface area contributed by atoms with E-state index in [9.17, 15) is 0 Å². The van der Waals surface area contributed by atoms with Crippen LogP contribution in [0.5, 0.6) is 5.75 Å². The third-order valence-corrected chi connectivity index (χ3v) is 3.56. The molecule has 0 aliphatic heterocycles. The standard InChI is InChI=1S/C17H21NO/c1-11-5-6-12(2)15(9-11)17(18)14-8-7-13(3)16(10-14)19-4/h5-10,17H,18H2,1-4H3. The topological polar surface area (TPSA) is 35.2 Å². The molecule has 19 heavy (non-hydrogen) atoms. The lowest BCUT2D eigenvalue weighted by molar-refractivity contribution is 0.411. The van der Waals surface area contributed by atoms with Crippen LogP contribution in [0.1, 0.15) is 33.9 Å². The lowest BCUT2D eigenvalue weighted by atomic mass is 9.93. The summed E-state index contributed by atoms with van der Waals surface area (Å²) in [5, 5.41) is 0. The van der Waals surface area contributed by atoms with Crippen LogP contribution in [-0.2, 0) is 0 Å². The highest BCUT2D eigenvalue weighted by atomic mass is 16.5. The second-order valence-corrected chi connectivity index (χ2v) is 5.07. The molecule has 2 heteroatoms. The van der Waals surface area contributed by atoms with E-state index in [0.29, 0.717) is 0 Å². The van der Waals surface area contributed by atoms with E-state index in [1.165, 1.54) is 16.7 Å². The maximum Gasteiger partial charge on any atom is 0.122 e. The molecule has 2 rings (SSSR count). The van der Waals surface area contributed by atoms with E-state index >= 15 is 0 Å². The molecule has 0 aliphatic rings. The first-order chi connectivity index (χ1) is 9.02. The van der Waals surface area contributed by atoms with Crippen LogP contribution in [-0.4, -0.2) is 7.11 Å². The molecule has 0 radical (unpaired) electrons. The van der Waals surface area contributed by atoms with Crippen LogP contribution in [0.15, 0.2) is 36.4 Å². The van der Waals surface area contributed by atoms with E-state index in [1.807, 2.05) is 13.0 Å². The van der Waals surface area contributed by atoms with Gasteiger partial charge in [0.2, 0.25) is 0 Å². The molecule has 2 nitrogen and oxygen atoms in total. The largest absolute Gasteiger partial charge is 0.496 e. The van der Waals surface area contributed by atoms with Crippen LogP contribution in [0.3, 0.4) is 0 Å². The van der Waals surface area contributed by atoms with Crippen molar-refractivity contribution in [2.24, 2.45) is 5.73 Å². The third kappa shape index (κ3) is 2.79. The monoisotopic (exact) mass is 255 g/mol. The molecule has 100 valence electrons. The summed E-state index contributed by atoms with van der Waals surface area (Å²) in [6.07, 6.45) is 0. The molecule has 0 amide bonds. The predicted octanol–water partition coefficient (Wildman–Crippen LogP) is 3.67. The Morgan fingerprint density at radius 2 is 1.63 bits per heavy atom. The summed E-state index contributed by atoms with van der Waals surface area (Å²) < 4.78 is 5.37. The molecule has 0 saturated heterocycles. The van der Waals surface area contributed by atoms with Gasteiger partial charge in [-0.1, -0.05) is 35.9 Å². The Labute approximate surface area is 115 Å². The van der Waals surface area contributed by atoms with Crippen molar-refractivity contribution in [3.63, 3.8) is 0 Å². The fourth-order valence-corrected chi connectivity index (χ4v) is 2.30. The normalized spacial score (nSPS) is 12.3. The van der Waals surface area contributed by atoms with Gasteiger partial charge >= 0.3 is 0 Å². The highest BCUT2D eigenvalue weighted by Crippen LogP contribution is 2.28. The van der Waals surface area contributed by atoms with Crippen molar-refractivity contribution < 1.29 is 4.74 Å². The number of benzene rings is 2. The molecule has 2 N–H and O–H groups in total. The summed E-state index contributed by atoms with van der Waals surface area (Å²) in [5.74, 6) is 0.887. The van der Waals surface area contributed by atoms with Crippen molar-refractivity contribution >= 4 is 0 Å². The number of hydrogen-bond donors (Lipinski definition) is 1. The van der Waals surface area contributed by atoms with Crippen LogP contribution in [0.2, 0.25) is 0 Å². The van der Waals surface area contributed by atoms with E-state index < -0.39 is 0 Å². The van der Waals surface area contributed by atoms with E-state index in [0.717, 1.165) is 16.9 Å². The maximum atomic E-state index is 6.40. The minimum absolute atomic E-state index is 0.116. The SMILES string of the molecule is COc1cc(C(N)c2cc(C)ccc2C)ccc1C. The lowest BCUT2D eigenvalue weighted by Gasteiger charge is -2.17. The van der Waals surface area contributed by atoms with Gasteiger partial charge in [0, 0.05) is 0 Å². The average molecular weight is 255 g/mol. The summed E-state index contributed by atoms with van der Waals surface area (Å²) in [7, 11) is 1.69. The van der Waals surface area contributed by atoms with Gasteiger partial charge in [-0.15, -0.1) is 0 Å². The second kappa shape index (κ2) is 5.45. The Kier molecular flexibility index (Phi) is 3.91. The first kappa shape index (κ1) is 13.6. The highest BCUT2D eigenvalue weighted by Gasteiger charge is 2.13. The molecule has 2 aromatic rings. The fraction of sp³-hybridized carbons (Fsp3) is 0.294. The van der Waals surface area contributed by atoms with E-state index in [2.05, 4.69) is 44.2 Å². The van der Waals surface area contributed by atoms with Crippen molar-refractivity contribution in [1.29, 1.82) is 0 Å². The first-order valence-electron chi connectivity index (χ1n) is 6.50. The van der Waals surface area contributed by atoms with Crippen LogP contribution in [0.4, 0.5) is 0 Å². The molecule has 2 aromatic carbocycles. The van der Waals surface area contributed by atoms with Gasteiger partial charge in [-0.3, -0.25) is 0 Å². The van der Waals surface area contributed by atoms with Crippen LogP contribution in [0.25, 0.3) is 0 Å². The minimum atomic E-state index is -0.116. The molecule has 0 bridgehead atoms. The Bertz CT molecular complexity index is 590. The summed E-state index contributed by atoms with van der Waals surface area (Å²) in [5.41, 5.74) is 12.2. The molecule has 0 fully saturated rings. The third-order valence-electron chi connectivity index (χ3n) is 3.56. The Balaban J connectivity index is 2.43. The Hall–Kier alpha value is -1.80. The number of rotatable bonds is 3. The number of ether oxygens (including phenoxy) is 1. The molecule has 0 saturated carbocycles. The zero-order valence-electron chi connectivity index (χ0n) is 12.0. The molecule has 0 heterocycles. The smallest absolute Gasteiger partial charge is 0.122 e. The first-order valence-corrected chi connectivity index (χ1v) is 6.50. The van der Waals surface area contributed by atoms with Crippen molar-refractivity contribution in [3.05, 3.63) is 64.2 Å². The Morgan fingerprint density at radius 1 is 0.947 bits per heavy atom. The fourth-order valence-electron chi connectivity index (χ4n) is 2.30. The van der Waals surface area contributed by atoms with Crippen molar-refractivity contribution in [3.8, 4) is 5.75 Å². The van der Waals surface area contributed by atoms with Gasteiger partial charge in [-0.25, -0.2) is 0 Å². The van der Waals surface area contributed by atoms with Crippen molar-refractivity contribution in [1.82, 2.24) is 0 Å². The van der Waals surface area contributed by atoms with Gasteiger partial charge in [-0.2, -0.15) is 0 Å². The molecule has 0 aliphatic carbocycles. The van der Waals surface area contributed by atoms with Gasteiger partial charge in [0.1, 0.15) is 5.75 Å². The van der Waals surface area contributed by atoms with E-state index in [1.54, 1.807) is 7.11 Å². The zero-order chi connectivity index (χ0) is 14.0. The maximum absolute atomic E-state index is 6.40. The molecule has 1 unspecified atom stereocenters. The average Bonchev–Trinajstić information content (AvgIpc) is 2.41. The van der Waals surface area contributed by atoms with Crippen molar-refractivity contribution in [2.45, 2.75) is 26.8 Å². The highest BCUT2D eigenvalue weighted by molar-refractivity contribution is 5.43. The summed E-state index contributed by atoms with van der Waals surface area (Å²) in [6.45, 7) is 6.22. The molecule has 1 atom stereocenters. The predicted molar refractivity (Wildman–Crippen MR) is 79.7 cm³/mol. The van der Waals surface area contributed by atoms with Crippen molar-refractivity contribution in [2.75, 3.05) is 7.11 Å². The molecule has 0 aromatic heterocycles. The molecular weight excluding hydrogens is 234 g/mol. The number of hydrogen-bond acceptors (Lipinski definition) is 2. The number of aryl methyl sites for hydroxylation is 3. The van der Waals surface area contributed by atoms with Crippen LogP contribution < -0.4 is 10.5 Å². The lowest BCUT2D eigenvalue weighted by Crippen LogP contribution is -2.13. The van der Waals surface area contributed by atoms with Gasteiger partial charge in [-0.05, 0) is 49.1 Å².